The minimum atomic E-state index is -1.32. The fourth-order valence-electron chi connectivity index (χ4n) is 3.88. The molecule has 0 radical (unpaired) electrons. The molecule has 2 aliphatic heterocycles. The lowest BCUT2D eigenvalue weighted by Gasteiger charge is -2.43. The molecule has 2 amide bonds. The molecule has 2 saturated heterocycles. The molecule has 1 atom stereocenters. The third kappa shape index (κ3) is 3.06. The molecule has 1 spiro atoms. The summed E-state index contributed by atoms with van der Waals surface area (Å²) < 4.78 is 25.9. The number of carbonyl (C=O) groups excluding carboxylic acids is 2. The van der Waals surface area contributed by atoms with E-state index in [1.807, 2.05) is 30.3 Å². The van der Waals surface area contributed by atoms with Crippen molar-refractivity contribution in [3.05, 3.63) is 66.0 Å². The highest BCUT2D eigenvalue weighted by molar-refractivity contribution is 7.88. The number of carbonyl (C=O) groups is 2. The predicted molar refractivity (Wildman–Crippen MR) is 101 cm³/mol. The highest BCUT2D eigenvalue weighted by Crippen LogP contribution is 2.40. The summed E-state index contributed by atoms with van der Waals surface area (Å²) in [6, 6.07) is 14.7. The Morgan fingerprint density at radius 2 is 1.63 bits per heavy atom. The molecule has 2 aliphatic rings. The molecule has 7 heteroatoms. The van der Waals surface area contributed by atoms with Crippen molar-refractivity contribution in [2.75, 3.05) is 23.7 Å². The number of hydrogen-bond acceptors (Lipinski definition) is 3. The fraction of sp³-hybridized carbons (Fsp3) is 0.300. The fourth-order valence-corrected chi connectivity index (χ4v) is 5.55. The zero-order valence-corrected chi connectivity index (χ0v) is 15.5. The maximum atomic E-state index is 13.1. The van der Waals surface area contributed by atoms with Crippen LogP contribution < -0.4 is 4.90 Å². The van der Waals surface area contributed by atoms with Crippen molar-refractivity contribution in [1.82, 2.24) is 4.90 Å². The standard InChI is InChI=1S/C20H19FN2O3S/c21-16-8-6-15(7-9-16)19(25)22-12-10-20(11-13-22)23(18(24)14-27(20)26)17-4-2-1-3-5-17/h1-9H,10-14H2. The maximum Gasteiger partial charge on any atom is 0.253 e. The predicted octanol–water partition coefficient (Wildman–Crippen LogP) is 2.55. The van der Waals surface area contributed by atoms with E-state index in [0.29, 0.717) is 31.5 Å². The second-order valence-corrected chi connectivity index (χ2v) is 8.54. The Morgan fingerprint density at radius 1 is 1.00 bits per heavy atom. The molecule has 0 aliphatic carbocycles. The molecule has 0 aromatic heterocycles. The van der Waals surface area contributed by atoms with Crippen LogP contribution in [0.25, 0.3) is 0 Å². The summed E-state index contributed by atoms with van der Waals surface area (Å²) in [5.41, 5.74) is 1.17. The minimum Gasteiger partial charge on any atom is -0.338 e. The Hall–Kier alpha value is -2.54. The topological polar surface area (TPSA) is 57.7 Å². The lowest BCUT2D eigenvalue weighted by molar-refractivity contribution is -0.116. The van der Waals surface area contributed by atoms with Gasteiger partial charge in [0, 0.05) is 37.2 Å². The first-order valence-electron chi connectivity index (χ1n) is 8.83. The Labute approximate surface area is 159 Å². The number of rotatable bonds is 2. The van der Waals surface area contributed by atoms with Gasteiger partial charge in [0.2, 0.25) is 5.91 Å². The Bertz CT molecular complexity index is 893. The molecule has 2 fully saturated rings. The minimum absolute atomic E-state index is 0.0147. The van der Waals surface area contributed by atoms with E-state index in [1.54, 1.807) is 9.80 Å². The number of benzene rings is 2. The van der Waals surface area contributed by atoms with E-state index in [-0.39, 0.29) is 23.4 Å². The summed E-state index contributed by atoms with van der Waals surface area (Å²) in [4.78, 5) is 27.8. The summed E-state index contributed by atoms with van der Waals surface area (Å²) >= 11 is 0. The second-order valence-electron chi connectivity index (χ2n) is 6.80. The van der Waals surface area contributed by atoms with Crippen LogP contribution >= 0.6 is 0 Å². The van der Waals surface area contributed by atoms with Crippen LogP contribution in [0.5, 0.6) is 0 Å². The average molecular weight is 386 g/mol. The Balaban J connectivity index is 1.56. The Kier molecular flexibility index (Phi) is 4.55. The number of likely N-dealkylation sites (tertiary alicyclic amines) is 1. The maximum absolute atomic E-state index is 13.1. The van der Waals surface area contributed by atoms with Gasteiger partial charge in [0.1, 0.15) is 16.4 Å². The van der Waals surface area contributed by atoms with E-state index in [0.717, 1.165) is 5.69 Å². The summed E-state index contributed by atoms with van der Waals surface area (Å²) in [5.74, 6) is -0.688. The summed E-state index contributed by atoms with van der Waals surface area (Å²) in [5, 5.41) is 0. The van der Waals surface area contributed by atoms with Gasteiger partial charge in [-0.1, -0.05) is 18.2 Å². The van der Waals surface area contributed by atoms with Gasteiger partial charge in [0.15, 0.2) is 0 Å². The quantitative estimate of drug-likeness (QED) is 0.797. The Morgan fingerprint density at radius 3 is 2.26 bits per heavy atom. The van der Waals surface area contributed by atoms with Crippen LogP contribution in [0.2, 0.25) is 0 Å². The lowest BCUT2D eigenvalue weighted by Crippen LogP contribution is -2.56. The van der Waals surface area contributed by atoms with Gasteiger partial charge in [0.25, 0.3) is 5.91 Å². The van der Waals surface area contributed by atoms with Crippen molar-refractivity contribution in [2.45, 2.75) is 17.7 Å². The number of piperidine rings is 1. The van der Waals surface area contributed by atoms with Gasteiger partial charge in [-0.05, 0) is 36.4 Å². The molecule has 27 heavy (non-hydrogen) atoms. The van der Waals surface area contributed by atoms with Crippen molar-refractivity contribution >= 4 is 28.3 Å². The third-order valence-corrected chi connectivity index (χ3v) is 7.22. The molecule has 1 unspecified atom stereocenters. The zero-order chi connectivity index (χ0) is 19.0. The van der Waals surface area contributed by atoms with Crippen LogP contribution in [0.4, 0.5) is 10.1 Å². The molecular weight excluding hydrogens is 367 g/mol. The first kappa shape index (κ1) is 17.9. The average Bonchev–Trinajstić information content (AvgIpc) is 2.92. The van der Waals surface area contributed by atoms with Gasteiger partial charge in [0.05, 0.1) is 10.8 Å². The van der Waals surface area contributed by atoms with Gasteiger partial charge in [-0.3, -0.25) is 18.7 Å². The first-order chi connectivity index (χ1) is 13.0. The van der Waals surface area contributed by atoms with Gasteiger partial charge in [-0.25, -0.2) is 4.39 Å². The monoisotopic (exact) mass is 386 g/mol. The van der Waals surface area contributed by atoms with Crippen LogP contribution in [0.3, 0.4) is 0 Å². The van der Waals surface area contributed by atoms with Crippen molar-refractivity contribution in [3.63, 3.8) is 0 Å². The molecule has 2 aromatic carbocycles. The van der Waals surface area contributed by atoms with Gasteiger partial charge < -0.3 is 4.90 Å². The molecule has 5 nitrogen and oxygen atoms in total. The summed E-state index contributed by atoms with van der Waals surface area (Å²) in [6.07, 6.45) is 0.903. The molecule has 4 rings (SSSR count). The van der Waals surface area contributed by atoms with Gasteiger partial charge in [-0.15, -0.1) is 0 Å². The van der Waals surface area contributed by atoms with Crippen LogP contribution in [0.1, 0.15) is 23.2 Å². The van der Waals surface area contributed by atoms with E-state index < -0.39 is 15.7 Å². The highest BCUT2D eigenvalue weighted by Gasteiger charge is 2.53. The van der Waals surface area contributed by atoms with Crippen molar-refractivity contribution in [2.24, 2.45) is 0 Å². The smallest absolute Gasteiger partial charge is 0.253 e. The second kappa shape index (κ2) is 6.88. The highest BCUT2D eigenvalue weighted by atomic mass is 32.2. The molecular formula is C20H19FN2O3S. The van der Waals surface area contributed by atoms with E-state index in [9.17, 15) is 18.2 Å². The van der Waals surface area contributed by atoms with Crippen LogP contribution in [-0.4, -0.2) is 44.6 Å². The summed E-state index contributed by atoms with van der Waals surface area (Å²) in [7, 11) is -1.32. The van der Waals surface area contributed by atoms with Crippen molar-refractivity contribution in [1.29, 1.82) is 0 Å². The number of amides is 2. The van der Waals surface area contributed by atoms with Crippen molar-refractivity contribution < 1.29 is 18.2 Å². The molecule has 0 N–H and O–H groups in total. The number of halogens is 1. The lowest BCUT2D eigenvalue weighted by atomic mass is 10.00. The van der Waals surface area contributed by atoms with Gasteiger partial charge in [-0.2, -0.15) is 0 Å². The zero-order valence-electron chi connectivity index (χ0n) is 14.6. The van der Waals surface area contributed by atoms with Crippen LogP contribution in [0.15, 0.2) is 54.6 Å². The van der Waals surface area contributed by atoms with Crippen LogP contribution in [-0.2, 0) is 15.6 Å². The summed E-state index contributed by atoms with van der Waals surface area (Å²) in [6.45, 7) is 0.803. The van der Waals surface area contributed by atoms with E-state index in [1.165, 1.54) is 24.3 Å². The van der Waals surface area contributed by atoms with E-state index >= 15 is 0 Å². The SMILES string of the molecule is O=C(c1ccc(F)cc1)N1CCC2(CC1)N(c1ccccc1)C(=O)CS2=O. The van der Waals surface area contributed by atoms with E-state index in [4.69, 9.17) is 0 Å². The third-order valence-electron chi connectivity index (χ3n) is 5.27. The molecule has 2 heterocycles. The number of hydrogen-bond donors (Lipinski definition) is 0. The normalized spacial score (nSPS) is 21.7. The van der Waals surface area contributed by atoms with Gasteiger partial charge >= 0.3 is 0 Å². The van der Waals surface area contributed by atoms with Crippen molar-refractivity contribution in [3.8, 4) is 0 Å². The molecule has 2 aromatic rings. The molecule has 0 saturated carbocycles. The number of anilines is 1. The number of nitrogens with zero attached hydrogens (tertiary/aromatic N) is 2. The molecule has 0 bridgehead atoms. The molecule has 140 valence electrons. The largest absolute Gasteiger partial charge is 0.338 e. The van der Waals surface area contributed by atoms with Crippen LogP contribution in [0, 0.1) is 5.82 Å². The van der Waals surface area contributed by atoms with E-state index in [2.05, 4.69) is 0 Å². The first-order valence-corrected chi connectivity index (χ1v) is 10.1. The number of para-hydroxylation sites is 1.